The van der Waals surface area contributed by atoms with Crippen LogP contribution in [0.4, 0.5) is 17.1 Å². The molecule has 1 aromatic carbocycles. The summed E-state index contributed by atoms with van der Waals surface area (Å²) >= 11 is 13.4. The number of halogens is 2. The van der Waals surface area contributed by atoms with E-state index in [9.17, 15) is 0 Å². The summed E-state index contributed by atoms with van der Waals surface area (Å²) in [6.45, 7) is 2.63. The van der Waals surface area contributed by atoms with Crippen LogP contribution in [0.2, 0.25) is 10.0 Å². The summed E-state index contributed by atoms with van der Waals surface area (Å²) in [6.07, 6.45) is 0.863. The second-order valence-corrected chi connectivity index (χ2v) is 5.41. The lowest BCUT2D eigenvalue weighted by Gasteiger charge is -2.12. The maximum absolute atomic E-state index is 6.19. The van der Waals surface area contributed by atoms with E-state index in [2.05, 4.69) is 14.0 Å². The zero-order chi connectivity index (χ0) is 14.4. The van der Waals surface area contributed by atoms with Gasteiger partial charge in [-0.05, 0) is 12.5 Å². The maximum atomic E-state index is 6.19. The lowest BCUT2D eigenvalue weighted by molar-refractivity contribution is 0.0705. The number of rotatable bonds is 8. The van der Waals surface area contributed by atoms with Crippen LogP contribution in [0.25, 0.3) is 0 Å². The third-order valence-electron chi connectivity index (χ3n) is 2.64. The number of nitrogens with one attached hydrogen (secondary N) is 1. The summed E-state index contributed by atoms with van der Waals surface area (Å²) in [5, 5.41) is 4.33. The Morgan fingerprint density at radius 2 is 1.95 bits per heavy atom. The van der Waals surface area contributed by atoms with Crippen molar-refractivity contribution in [3.8, 4) is 0 Å². The third kappa shape index (κ3) is 3.93. The summed E-state index contributed by atoms with van der Waals surface area (Å²) in [5.74, 6) is 0. The highest BCUT2D eigenvalue weighted by Crippen LogP contribution is 2.47. The first-order valence-electron chi connectivity index (χ1n) is 6.15. The highest BCUT2D eigenvalue weighted by molar-refractivity contribution is 7.58. The second kappa shape index (κ2) is 7.95. The van der Waals surface area contributed by atoms with Crippen LogP contribution in [0.5, 0.6) is 0 Å². The fourth-order valence-corrected chi connectivity index (χ4v) is 2.85. The molecule has 0 saturated heterocycles. The molecule has 2 rings (SSSR count). The van der Waals surface area contributed by atoms with Crippen LogP contribution < -0.4 is 5.32 Å². The maximum Gasteiger partial charge on any atom is 0.130 e. The van der Waals surface area contributed by atoms with Crippen molar-refractivity contribution in [1.29, 1.82) is 0 Å². The lowest BCUT2D eigenvalue weighted by atomic mass is 10.2. The van der Waals surface area contributed by atoms with Gasteiger partial charge in [0.05, 0.1) is 40.3 Å². The van der Waals surface area contributed by atoms with Crippen LogP contribution in [0.1, 0.15) is 6.42 Å². The minimum atomic E-state index is 0.521. The number of hydrogen-bond acceptors (Lipinski definition) is 5. The molecule has 1 aliphatic rings. The minimum absolute atomic E-state index is 0.521. The summed E-state index contributed by atoms with van der Waals surface area (Å²) in [7, 11) is 1.65. The topological polar surface area (TPSA) is 55.2 Å². The van der Waals surface area contributed by atoms with E-state index in [1.807, 2.05) is 0 Å². The number of benzene rings is 1. The highest BCUT2D eigenvalue weighted by Gasteiger charge is 2.18. The quantitative estimate of drug-likeness (QED) is 0.736. The number of nitrogens with zero attached hydrogens (tertiary/aromatic N) is 2. The van der Waals surface area contributed by atoms with Crippen LogP contribution in [-0.4, -0.2) is 33.5 Å². The van der Waals surface area contributed by atoms with Crippen molar-refractivity contribution in [2.24, 2.45) is 8.73 Å². The van der Waals surface area contributed by atoms with Gasteiger partial charge in [0.1, 0.15) is 11.4 Å². The standard InChI is InChI=1S/C12H15Cl2N3O2S/c1-18-5-6-19-4-2-3-15-10-8(13)7-9(14)11-12(10)17-20-16-11/h7,15H,2-6H2,1H3. The molecule has 0 radical (unpaired) electrons. The van der Waals surface area contributed by atoms with E-state index in [1.165, 1.54) is 0 Å². The Kier molecular flexibility index (Phi) is 6.25. The molecule has 1 heterocycles. The number of hydrogen-bond donors (Lipinski definition) is 1. The van der Waals surface area contributed by atoms with Crippen molar-refractivity contribution < 1.29 is 9.47 Å². The summed E-state index contributed by atoms with van der Waals surface area (Å²) in [6, 6.07) is 1.68. The second-order valence-electron chi connectivity index (χ2n) is 4.06. The molecule has 0 unspecified atom stereocenters. The van der Waals surface area contributed by atoms with E-state index in [0.29, 0.717) is 41.2 Å². The van der Waals surface area contributed by atoms with Crippen molar-refractivity contribution in [3.05, 3.63) is 16.1 Å². The van der Waals surface area contributed by atoms with E-state index in [0.717, 1.165) is 30.0 Å². The predicted octanol–water partition coefficient (Wildman–Crippen LogP) is 4.18. The SMILES string of the molecule is COCCOCCCNc1c(Cl)cc(Cl)c2c1N=S=N2. The van der Waals surface area contributed by atoms with Crippen LogP contribution in [0, 0.1) is 0 Å². The van der Waals surface area contributed by atoms with Gasteiger partial charge in [0.25, 0.3) is 0 Å². The van der Waals surface area contributed by atoms with Gasteiger partial charge < -0.3 is 14.8 Å². The first-order chi connectivity index (χ1) is 9.74. The monoisotopic (exact) mass is 335 g/mol. The lowest BCUT2D eigenvalue weighted by Crippen LogP contribution is -2.08. The van der Waals surface area contributed by atoms with Crippen LogP contribution in [0.3, 0.4) is 0 Å². The van der Waals surface area contributed by atoms with E-state index in [-0.39, 0.29) is 0 Å². The molecular weight excluding hydrogens is 321 g/mol. The molecule has 0 spiro atoms. The van der Waals surface area contributed by atoms with Gasteiger partial charge in [-0.3, -0.25) is 0 Å². The molecule has 1 aromatic rings. The molecule has 110 valence electrons. The Morgan fingerprint density at radius 1 is 1.15 bits per heavy atom. The van der Waals surface area contributed by atoms with Gasteiger partial charge in [-0.2, -0.15) is 8.73 Å². The molecule has 20 heavy (non-hydrogen) atoms. The van der Waals surface area contributed by atoms with E-state index in [1.54, 1.807) is 13.2 Å². The van der Waals surface area contributed by atoms with Gasteiger partial charge in [-0.1, -0.05) is 23.2 Å². The number of fused-ring (bicyclic) bond motifs is 1. The molecule has 0 bridgehead atoms. The van der Waals surface area contributed by atoms with Crippen molar-refractivity contribution >= 4 is 51.6 Å². The van der Waals surface area contributed by atoms with Gasteiger partial charge in [0.15, 0.2) is 0 Å². The Balaban J connectivity index is 1.85. The van der Waals surface area contributed by atoms with Crippen LogP contribution in [0.15, 0.2) is 14.8 Å². The molecule has 5 nitrogen and oxygen atoms in total. The van der Waals surface area contributed by atoms with Crippen molar-refractivity contribution in [2.45, 2.75) is 6.42 Å². The Labute approximate surface area is 131 Å². The highest BCUT2D eigenvalue weighted by atomic mass is 35.5. The molecule has 0 aliphatic carbocycles. The van der Waals surface area contributed by atoms with Crippen molar-refractivity contribution in [2.75, 3.05) is 38.8 Å². The Bertz CT molecular complexity index is 548. The average molecular weight is 336 g/mol. The molecule has 0 atom stereocenters. The van der Waals surface area contributed by atoms with Crippen molar-refractivity contribution in [1.82, 2.24) is 0 Å². The number of anilines is 1. The van der Waals surface area contributed by atoms with Crippen LogP contribution >= 0.6 is 23.2 Å². The van der Waals surface area contributed by atoms with Gasteiger partial charge in [0, 0.05) is 20.3 Å². The molecule has 0 aromatic heterocycles. The predicted molar refractivity (Wildman–Crippen MR) is 83.8 cm³/mol. The van der Waals surface area contributed by atoms with E-state index < -0.39 is 0 Å². The first-order valence-corrected chi connectivity index (χ1v) is 7.63. The summed E-state index contributed by atoms with van der Waals surface area (Å²) < 4.78 is 18.7. The molecule has 0 amide bonds. The van der Waals surface area contributed by atoms with Gasteiger partial charge in [-0.15, -0.1) is 0 Å². The smallest absolute Gasteiger partial charge is 0.130 e. The van der Waals surface area contributed by atoms with E-state index in [4.69, 9.17) is 32.7 Å². The number of ether oxygens (including phenoxy) is 2. The van der Waals surface area contributed by atoms with Gasteiger partial charge in [0.2, 0.25) is 0 Å². The van der Waals surface area contributed by atoms with Crippen LogP contribution in [-0.2, 0) is 20.8 Å². The third-order valence-corrected chi connectivity index (χ3v) is 3.76. The fraction of sp³-hybridized carbons (Fsp3) is 0.500. The van der Waals surface area contributed by atoms with Crippen molar-refractivity contribution in [3.63, 3.8) is 0 Å². The molecule has 8 heteroatoms. The zero-order valence-electron chi connectivity index (χ0n) is 11.0. The molecule has 1 aliphatic heterocycles. The fourth-order valence-electron chi connectivity index (χ4n) is 1.67. The molecule has 0 saturated carbocycles. The summed E-state index contributed by atoms with van der Waals surface area (Å²) in [5.41, 5.74) is 2.17. The normalized spacial score (nSPS) is 12.3. The first kappa shape index (κ1) is 15.7. The molecule has 1 N–H and O–H groups in total. The minimum Gasteiger partial charge on any atom is -0.382 e. The van der Waals surface area contributed by atoms with Gasteiger partial charge in [-0.25, -0.2) is 0 Å². The number of methoxy groups -OCH3 is 1. The Morgan fingerprint density at radius 3 is 2.75 bits per heavy atom. The Hall–Kier alpha value is -0.660. The van der Waals surface area contributed by atoms with E-state index >= 15 is 0 Å². The van der Waals surface area contributed by atoms with Gasteiger partial charge >= 0.3 is 0 Å². The average Bonchev–Trinajstić information content (AvgIpc) is 2.90. The zero-order valence-corrected chi connectivity index (χ0v) is 13.3. The summed E-state index contributed by atoms with van der Waals surface area (Å²) in [4.78, 5) is 0. The largest absolute Gasteiger partial charge is 0.382 e. The molecule has 0 fully saturated rings. The molecular formula is C12H15Cl2N3O2S.